The third-order valence-corrected chi connectivity index (χ3v) is 5.26. The minimum atomic E-state index is -1.16. The summed E-state index contributed by atoms with van der Waals surface area (Å²) in [6.07, 6.45) is 16.8. The van der Waals surface area contributed by atoms with E-state index in [2.05, 4.69) is 19.1 Å². The molecule has 6 nitrogen and oxygen atoms in total. The van der Waals surface area contributed by atoms with Crippen molar-refractivity contribution in [3.8, 4) is 0 Å². The molecule has 0 aliphatic carbocycles. The number of carbonyl (C=O) groups is 1. The smallest absolute Gasteiger partial charge is 0.305 e. The predicted molar refractivity (Wildman–Crippen MR) is 115 cm³/mol. The highest BCUT2D eigenvalue weighted by Crippen LogP contribution is 2.16. The van der Waals surface area contributed by atoms with E-state index in [4.69, 9.17) is 4.74 Å². The van der Waals surface area contributed by atoms with Gasteiger partial charge in [-0.25, -0.2) is 0 Å². The number of hydrogen-bond donors (Lipinski definition) is 4. The maximum atomic E-state index is 11.7. The van der Waals surface area contributed by atoms with Crippen LogP contribution in [-0.4, -0.2) is 58.9 Å². The van der Waals surface area contributed by atoms with Gasteiger partial charge in [0.15, 0.2) is 0 Å². The monoisotopic (exact) mass is 416 g/mol. The maximum Gasteiger partial charge on any atom is 0.305 e. The van der Waals surface area contributed by atoms with E-state index < -0.39 is 25.2 Å². The van der Waals surface area contributed by atoms with Crippen LogP contribution in [0.15, 0.2) is 12.2 Å². The number of allylic oxidation sites excluding steroid dienone is 1. The Kier molecular flexibility index (Phi) is 18.4. The summed E-state index contributed by atoms with van der Waals surface area (Å²) in [5.74, 6) is -0.360. The highest BCUT2D eigenvalue weighted by Gasteiger charge is 2.29. The average Bonchev–Trinajstić information content (AvgIpc) is 2.74. The molecule has 0 fully saturated rings. The molecule has 4 N–H and O–H groups in total. The molecule has 0 radical (unpaired) electrons. The molecule has 0 aromatic carbocycles. The van der Waals surface area contributed by atoms with E-state index in [0.29, 0.717) is 6.42 Å². The van der Waals surface area contributed by atoms with Crippen molar-refractivity contribution in [3.63, 3.8) is 0 Å². The summed E-state index contributed by atoms with van der Waals surface area (Å²) in [5, 5.41) is 37.5. The van der Waals surface area contributed by atoms with Crippen LogP contribution in [0.2, 0.25) is 0 Å². The summed E-state index contributed by atoms with van der Waals surface area (Å²) in [6.45, 7) is 0.726. The lowest BCUT2D eigenvalue weighted by atomic mass is 9.93. The normalized spacial score (nSPS) is 13.1. The Balaban J connectivity index is 3.55. The van der Waals surface area contributed by atoms with Gasteiger partial charge in [0, 0.05) is 6.42 Å². The number of esters is 1. The van der Waals surface area contributed by atoms with Crippen LogP contribution in [0.1, 0.15) is 90.4 Å². The van der Waals surface area contributed by atoms with Gasteiger partial charge in [-0.15, -0.1) is 0 Å². The van der Waals surface area contributed by atoms with E-state index in [9.17, 15) is 25.2 Å². The standard InChI is InChI=1S/C23H44O6/c1-2-3-4-11-14-21(27)15-12-9-7-5-6-8-10-13-16-22(28)29-20-23(17-24,18-25)19-26/h9,12,21,24-27H,2-8,10-11,13-20H2,1H3/b12-9-. The molecular formula is C23H44O6. The Morgan fingerprint density at radius 3 is 2.17 bits per heavy atom. The molecule has 0 amide bonds. The van der Waals surface area contributed by atoms with Gasteiger partial charge in [-0.1, -0.05) is 64.0 Å². The second kappa shape index (κ2) is 19.0. The summed E-state index contributed by atoms with van der Waals surface area (Å²) in [7, 11) is 0. The molecule has 0 bridgehead atoms. The second-order valence-electron chi connectivity index (χ2n) is 8.15. The molecule has 1 unspecified atom stereocenters. The Morgan fingerprint density at radius 1 is 0.897 bits per heavy atom. The van der Waals surface area contributed by atoms with Crippen molar-refractivity contribution in [2.24, 2.45) is 5.41 Å². The van der Waals surface area contributed by atoms with Crippen LogP contribution < -0.4 is 0 Å². The first-order valence-corrected chi connectivity index (χ1v) is 11.3. The van der Waals surface area contributed by atoms with Crippen LogP contribution in [0.3, 0.4) is 0 Å². The van der Waals surface area contributed by atoms with Crippen LogP contribution in [0.5, 0.6) is 0 Å². The first kappa shape index (κ1) is 28.1. The summed E-state index contributed by atoms with van der Waals surface area (Å²) in [4.78, 5) is 11.7. The van der Waals surface area contributed by atoms with Crippen molar-refractivity contribution in [1.82, 2.24) is 0 Å². The van der Waals surface area contributed by atoms with Gasteiger partial charge in [0.05, 0.1) is 31.3 Å². The minimum absolute atomic E-state index is 0.172. The molecule has 0 rings (SSSR count). The van der Waals surface area contributed by atoms with E-state index in [-0.39, 0.29) is 18.7 Å². The number of rotatable bonds is 20. The Bertz CT molecular complexity index is 398. The molecule has 0 saturated heterocycles. The molecule has 1 atom stereocenters. The Labute approximate surface area is 177 Å². The quantitative estimate of drug-likeness (QED) is 0.137. The zero-order chi connectivity index (χ0) is 21.8. The molecule has 0 heterocycles. The molecule has 0 spiro atoms. The molecule has 0 aliphatic rings. The van der Waals surface area contributed by atoms with Gasteiger partial charge in [0.1, 0.15) is 6.61 Å². The minimum Gasteiger partial charge on any atom is -0.465 e. The maximum absolute atomic E-state index is 11.7. The fourth-order valence-corrected chi connectivity index (χ4v) is 2.95. The number of unbranched alkanes of at least 4 members (excludes halogenated alkanes) is 8. The van der Waals surface area contributed by atoms with E-state index in [0.717, 1.165) is 57.8 Å². The van der Waals surface area contributed by atoms with E-state index >= 15 is 0 Å². The molecule has 0 saturated carbocycles. The fraction of sp³-hybridized carbons (Fsp3) is 0.870. The average molecular weight is 417 g/mol. The lowest BCUT2D eigenvalue weighted by Gasteiger charge is -2.26. The van der Waals surface area contributed by atoms with Gasteiger partial charge in [-0.05, 0) is 32.1 Å². The lowest BCUT2D eigenvalue weighted by Crippen LogP contribution is -2.39. The van der Waals surface area contributed by atoms with Gasteiger partial charge in [0.25, 0.3) is 0 Å². The fourth-order valence-electron chi connectivity index (χ4n) is 2.95. The number of aliphatic hydroxyl groups is 4. The van der Waals surface area contributed by atoms with Gasteiger partial charge in [0.2, 0.25) is 0 Å². The van der Waals surface area contributed by atoms with Gasteiger partial charge in [-0.2, -0.15) is 0 Å². The van der Waals surface area contributed by atoms with Gasteiger partial charge < -0.3 is 25.2 Å². The predicted octanol–water partition coefficient (Wildman–Crippen LogP) is 3.50. The molecule has 0 aromatic rings. The highest BCUT2D eigenvalue weighted by molar-refractivity contribution is 5.69. The molecule has 29 heavy (non-hydrogen) atoms. The second-order valence-corrected chi connectivity index (χ2v) is 8.15. The van der Waals surface area contributed by atoms with Crippen molar-refractivity contribution in [3.05, 3.63) is 12.2 Å². The highest BCUT2D eigenvalue weighted by atomic mass is 16.5. The molecular weight excluding hydrogens is 372 g/mol. The summed E-state index contributed by atoms with van der Waals surface area (Å²) in [5.41, 5.74) is -1.16. The van der Waals surface area contributed by atoms with Crippen LogP contribution in [0.25, 0.3) is 0 Å². The van der Waals surface area contributed by atoms with E-state index in [1.807, 2.05) is 0 Å². The number of aliphatic hydroxyl groups excluding tert-OH is 4. The number of ether oxygens (including phenoxy) is 1. The zero-order valence-electron chi connectivity index (χ0n) is 18.4. The number of hydrogen-bond acceptors (Lipinski definition) is 6. The third kappa shape index (κ3) is 15.5. The summed E-state index contributed by atoms with van der Waals surface area (Å²) in [6, 6.07) is 0. The van der Waals surface area contributed by atoms with Crippen molar-refractivity contribution < 1.29 is 30.0 Å². The van der Waals surface area contributed by atoms with E-state index in [1.54, 1.807) is 0 Å². The largest absolute Gasteiger partial charge is 0.465 e. The number of carbonyl (C=O) groups excluding carboxylic acids is 1. The Hall–Kier alpha value is -0.950. The summed E-state index contributed by atoms with van der Waals surface area (Å²) < 4.78 is 5.06. The van der Waals surface area contributed by atoms with Crippen molar-refractivity contribution in [2.75, 3.05) is 26.4 Å². The van der Waals surface area contributed by atoms with Gasteiger partial charge >= 0.3 is 5.97 Å². The zero-order valence-corrected chi connectivity index (χ0v) is 18.4. The van der Waals surface area contributed by atoms with Crippen molar-refractivity contribution in [2.45, 2.75) is 96.5 Å². The molecule has 6 heteroatoms. The molecule has 0 aromatic heterocycles. The SMILES string of the molecule is CCCCCCC(O)C/C=C\CCCCCCCC(=O)OCC(CO)(CO)CO. The topological polar surface area (TPSA) is 107 Å². The van der Waals surface area contributed by atoms with Crippen molar-refractivity contribution >= 4 is 5.97 Å². The van der Waals surface area contributed by atoms with Crippen LogP contribution in [0.4, 0.5) is 0 Å². The molecule has 0 aliphatic heterocycles. The lowest BCUT2D eigenvalue weighted by molar-refractivity contribution is -0.151. The van der Waals surface area contributed by atoms with Crippen LogP contribution in [0, 0.1) is 5.41 Å². The Morgan fingerprint density at radius 2 is 1.52 bits per heavy atom. The first-order valence-electron chi connectivity index (χ1n) is 11.3. The van der Waals surface area contributed by atoms with Crippen LogP contribution >= 0.6 is 0 Å². The molecule has 172 valence electrons. The van der Waals surface area contributed by atoms with Crippen molar-refractivity contribution in [1.29, 1.82) is 0 Å². The first-order chi connectivity index (χ1) is 14.0. The van der Waals surface area contributed by atoms with Crippen LogP contribution in [-0.2, 0) is 9.53 Å². The van der Waals surface area contributed by atoms with Gasteiger partial charge in [-0.3, -0.25) is 4.79 Å². The third-order valence-electron chi connectivity index (χ3n) is 5.26. The van der Waals surface area contributed by atoms with E-state index in [1.165, 1.54) is 19.3 Å². The summed E-state index contributed by atoms with van der Waals surface area (Å²) >= 11 is 0.